The smallest absolute Gasteiger partial charge is 0.254 e. The second-order valence-corrected chi connectivity index (χ2v) is 8.35. The van der Waals surface area contributed by atoms with Crippen LogP contribution >= 0.6 is 23.1 Å². The molecule has 3 aromatic rings. The van der Waals surface area contributed by atoms with Crippen LogP contribution in [0.25, 0.3) is 0 Å². The highest BCUT2D eigenvalue weighted by atomic mass is 32.2. The molecule has 5 nitrogen and oxygen atoms in total. The highest BCUT2D eigenvalue weighted by Crippen LogP contribution is 2.32. The molecule has 0 spiro atoms. The number of amides is 2. The molecule has 27 heavy (non-hydrogen) atoms. The molecule has 0 saturated heterocycles. The van der Waals surface area contributed by atoms with E-state index in [0.29, 0.717) is 30.8 Å². The van der Waals surface area contributed by atoms with E-state index in [1.54, 1.807) is 40.3 Å². The van der Waals surface area contributed by atoms with Crippen LogP contribution in [0.5, 0.6) is 0 Å². The topological polar surface area (TPSA) is 62.6 Å². The summed E-state index contributed by atoms with van der Waals surface area (Å²) in [5, 5.41) is 4.90. The summed E-state index contributed by atoms with van der Waals surface area (Å²) in [4.78, 5) is 28.9. The van der Waals surface area contributed by atoms with Crippen molar-refractivity contribution in [2.24, 2.45) is 0 Å². The third-order valence-electron chi connectivity index (χ3n) is 4.23. The van der Waals surface area contributed by atoms with E-state index in [9.17, 15) is 9.59 Å². The highest BCUT2D eigenvalue weighted by molar-refractivity contribution is 7.99. The van der Waals surface area contributed by atoms with E-state index in [2.05, 4.69) is 5.32 Å². The minimum absolute atomic E-state index is 0.0168. The fraction of sp³-hybridized carbons (Fsp3) is 0.200. The molecule has 0 bridgehead atoms. The van der Waals surface area contributed by atoms with Crippen molar-refractivity contribution in [2.45, 2.75) is 24.4 Å². The maximum Gasteiger partial charge on any atom is 0.254 e. The van der Waals surface area contributed by atoms with Crippen molar-refractivity contribution in [3.05, 3.63) is 70.3 Å². The molecular formula is C20H18N2O3S2. The van der Waals surface area contributed by atoms with Crippen molar-refractivity contribution in [3.63, 3.8) is 0 Å². The van der Waals surface area contributed by atoms with Gasteiger partial charge in [-0.05, 0) is 41.8 Å². The van der Waals surface area contributed by atoms with Crippen LogP contribution in [-0.4, -0.2) is 22.5 Å². The normalized spacial score (nSPS) is 13.6. The van der Waals surface area contributed by atoms with Gasteiger partial charge in [-0.15, -0.1) is 23.1 Å². The van der Waals surface area contributed by atoms with Crippen LogP contribution in [0.2, 0.25) is 0 Å². The van der Waals surface area contributed by atoms with Crippen molar-refractivity contribution in [3.8, 4) is 0 Å². The second-order valence-electron chi connectivity index (χ2n) is 6.18. The van der Waals surface area contributed by atoms with Gasteiger partial charge in [0.2, 0.25) is 5.91 Å². The Morgan fingerprint density at radius 2 is 2.11 bits per heavy atom. The predicted octanol–water partition coefficient (Wildman–Crippen LogP) is 4.62. The summed E-state index contributed by atoms with van der Waals surface area (Å²) < 4.78 is 5.44. The molecule has 1 aliphatic rings. The van der Waals surface area contributed by atoms with E-state index in [1.807, 2.05) is 41.8 Å². The first-order valence-electron chi connectivity index (χ1n) is 8.60. The van der Waals surface area contributed by atoms with Gasteiger partial charge in [0, 0.05) is 27.5 Å². The quantitative estimate of drug-likeness (QED) is 0.681. The number of fused-ring (bicyclic) bond motifs is 1. The van der Waals surface area contributed by atoms with E-state index in [0.717, 1.165) is 21.3 Å². The molecule has 4 rings (SSSR count). The summed E-state index contributed by atoms with van der Waals surface area (Å²) in [5.41, 5.74) is 1.27. The third-order valence-corrected chi connectivity index (χ3v) is 6.16. The fourth-order valence-electron chi connectivity index (χ4n) is 2.92. The molecule has 2 aromatic heterocycles. The lowest BCUT2D eigenvalue weighted by molar-refractivity contribution is -0.115. The second kappa shape index (κ2) is 8.02. The summed E-state index contributed by atoms with van der Waals surface area (Å²) in [5.74, 6) is 1.37. The molecule has 0 unspecified atom stereocenters. The maximum atomic E-state index is 13.2. The molecule has 1 aliphatic heterocycles. The van der Waals surface area contributed by atoms with Gasteiger partial charge in [-0.1, -0.05) is 6.07 Å². The Bertz CT molecular complexity index is 900. The van der Waals surface area contributed by atoms with Gasteiger partial charge in [0.25, 0.3) is 5.91 Å². The number of carbonyl (C=O) groups is 2. The summed E-state index contributed by atoms with van der Waals surface area (Å²) in [6.45, 7) is 0.900. The molecule has 2 amide bonds. The number of benzene rings is 1. The Kier molecular flexibility index (Phi) is 5.31. The summed E-state index contributed by atoms with van der Waals surface area (Å²) in [7, 11) is 0. The van der Waals surface area contributed by atoms with Gasteiger partial charge in [-0.25, -0.2) is 0 Å². The van der Waals surface area contributed by atoms with Crippen molar-refractivity contribution in [2.75, 3.05) is 11.1 Å². The predicted molar refractivity (Wildman–Crippen MR) is 107 cm³/mol. The molecule has 0 saturated carbocycles. The van der Waals surface area contributed by atoms with Gasteiger partial charge < -0.3 is 14.6 Å². The Morgan fingerprint density at radius 1 is 1.19 bits per heavy atom. The van der Waals surface area contributed by atoms with E-state index in [4.69, 9.17) is 4.42 Å². The third kappa shape index (κ3) is 4.26. The zero-order chi connectivity index (χ0) is 18.6. The Labute approximate surface area is 165 Å². The van der Waals surface area contributed by atoms with Crippen LogP contribution in [0, 0.1) is 0 Å². The number of thioether (sulfide) groups is 1. The summed E-state index contributed by atoms with van der Waals surface area (Å²) in [6, 6.07) is 13.2. The van der Waals surface area contributed by atoms with Crippen LogP contribution in [0.3, 0.4) is 0 Å². The first-order valence-corrected chi connectivity index (χ1v) is 10.5. The SMILES string of the molecule is O=C1CCSc2ccc(C(=O)N(Cc3ccco3)Cc3cccs3)cc2N1. The number of anilines is 1. The largest absolute Gasteiger partial charge is 0.467 e. The van der Waals surface area contributed by atoms with Crippen molar-refractivity contribution >= 4 is 40.6 Å². The van der Waals surface area contributed by atoms with Crippen LogP contribution in [0.4, 0.5) is 5.69 Å². The van der Waals surface area contributed by atoms with Crippen LogP contribution < -0.4 is 5.32 Å². The Hall–Kier alpha value is -2.51. The zero-order valence-electron chi connectivity index (χ0n) is 14.5. The van der Waals surface area contributed by atoms with Gasteiger partial charge in [0.05, 0.1) is 25.0 Å². The number of furan rings is 1. The Balaban J connectivity index is 1.61. The zero-order valence-corrected chi connectivity index (χ0v) is 16.1. The van der Waals surface area contributed by atoms with Gasteiger partial charge in [0.15, 0.2) is 0 Å². The first-order chi connectivity index (χ1) is 13.2. The molecule has 0 fully saturated rings. The monoisotopic (exact) mass is 398 g/mol. The highest BCUT2D eigenvalue weighted by Gasteiger charge is 2.21. The molecule has 3 heterocycles. The van der Waals surface area contributed by atoms with Crippen LogP contribution in [0.15, 0.2) is 63.4 Å². The molecular weight excluding hydrogens is 380 g/mol. The molecule has 7 heteroatoms. The van der Waals surface area contributed by atoms with Gasteiger partial charge in [0.1, 0.15) is 5.76 Å². The van der Waals surface area contributed by atoms with Gasteiger partial charge in [-0.2, -0.15) is 0 Å². The number of nitrogens with zero attached hydrogens (tertiary/aromatic N) is 1. The molecule has 0 atom stereocenters. The minimum Gasteiger partial charge on any atom is -0.467 e. The van der Waals surface area contributed by atoms with E-state index in [-0.39, 0.29) is 11.8 Å². The van der Waals surface area contributed by atoms with E-state index in [1.165, 1.54) is 0 Å². The summed E-state index contributed by atoms with van der Waals surface area (Å²) in [6.07, 6.45) is 2.09. The summed E-state index contributed by atoms with van der Waals surface area (Å²) >= 11 is 3.25. The standard InChI is InChI=1S/C20H18N2O3S2/c23-19-7-10-27-18-6-5-14(11-17(18)21-19)20(24)22(12-15-3-1-8-25-15)13-16-4-2-9-26-16/h1-6,8-9,11H,7,10,12-13H2,(H,21,23). The van der Waals surface area contributed by atoms with Gasteiger partial charge >= 0.3 is 0 Å². The van der Waals surface area contributed by atoms with Crippen LogP contribution in [0.1, 0.15) is 27.4 Å². The fourth-order valence-corrected chi connectivity index (χ4v) is 4.57. The van der Waals surface area contributed by atoms with Crippen molar-refractivity contribution in [1.82, 2.24) is 4.90 Å². The number of hydrogen-bond acceptors (Lipinski definition) is 5. The first kappa shape index (κ1) is 17.9. The lowest BCUT2D eigenvalue weighted by Gasteiger charge is -2.22. The maximum absolute atomic E-state index is 13.2. The molecule has 1 aromatic carbocycles. The molecule has 0 radical (unpaired) electrons. The average Bonchev–Trinajstić information content (AvgIpc) is 3.32. The van der Waals surface area contributed by atoms with Crippen molar-refractivity contribution < 1.29 is 14.0 Å². The lowest BCUT2D eigenvalue weighted by Crippen LogP contribution is -2.29. The molecule has 138 valence electrons. The molecule has 0 aliphatic carbocycles. The van der Waals surface area contributed by atoms with Crippen LogP contribution in [-0.2, 0) is 17.9 Å². The number of thiophene rings is 1. The van der Waals surface area contributed by atoms with E-state index >= 15 is 0 Å². The van der Waals surface area contributed by atoms with Crippen molar-refractivity contribution in [1.29, 1.82) is 0 Å². The van der Waals surface area contributed by atoms with Gasteiger partial charge in [-0.3, -0.25) is 9.59 Å². The number of rotatable bonds is 5. The average molecular weight is 399 g/mol. The molecule has 1 N–H and O–H groups in total. The Morgan fingerprint density at radius 3 is 2.89 bits per heavy atom. The number of carbonyl (C=O) groups excluding carboxylic acids is 2. The minimum atomic E-state index is -0.0916. The van der Waals surface area contributed by atoms with E-state index < -0.39 is 0 Å². The number of nitrogens with one attached hydrogen (secondary N) is 1. The number of hydrogen-bond donors (Lipinski definition) is 1. The lowest BCUT2D eigenvalue weighted by atomic mass is 10.1.